The number of aliphatic hydroxyl groups is 4. The number of carbonyl (C=O) groups is 2. The van der Waals surface area contributed by atoms with E-state index in [0.29, 0.717) is 6.42 Å². The van der Waals surface area contributed by atoms with Gasteiger partial charge in [0.1, 0.15) is 31.0 Å². The lowest BCUT2D eigenvalue weighted by Crippen LogP contribution is -2.59. The molecule has 2 unspecified atom stereocenters. The Bertz CT molecular complexity index is 1090. The van der Waals surface area contributed by atoms with Crippen molar-refractivity contribution in [2.75, 3.05) is 19.8 Å². The third-order valence-corrected chi connectivity index (χ3v) is 11.5. The van der Waals surface area contributed by atoms with Gasteiger partial charge in [0.25, 0.3) is 0 Å². The summed E-state index contributed by atoms with van der Waals surface area (Å²) in [5.74, 6) is -0.843. The lowest BCUT2D eigenvalue weighted by atomic mass is 9.99. The minimum absolute atomic E-state index is 0.183. The topological polar surface area (TPSA) is 152 Å². The van der Waals surface area contributed by atoms with Gasteiger partial charge in [0.05, 0.1) is 13.2 Å². The number of hydrogen-bond acceptors (Lipinski definition) is 10. The Hall–Kier alpha value is -2.08. The maximum absolute atomic E-state index is 12.8. The third-order valence-electron chi connectivity index (χ3n) is 11.5. The predicted octanol–water partition coefficient (Wildman–Crippen LogP) is 11.4. The van der Waals surface area contributed by atoms with Crippen LogP contribution in [0.4, 0.5) is 0 Å². The maximum atomic E-state index is 12.8. The maximum Gasteiger partial charge on any atom is 0.306 e. The molecule has 61 heavy (non-hydrogen) atoms. The Labute approximate surface area is 372 Å². The lowest BCUT2D eigenvalue weighted by molar-refractivity contribution is -0.305. The van der Waals surface area contributed by atoms with Gasteiger partial charge < -0.3 is 39.4 Å². The van der Waals surface area contributed by atoms with Gasteiger partial charge in [0, 0.05) is 12.8 Å². The molecular formula is C51H92O10. The van der Waals surface area contributed by atoms with Crippen molar-refractivity contribution in [1.82, 2.24) is 0 Å². The Morgan fingerprint density at radius 3 is 1.41 bits per heavy atom. The molecule has 0 aromatic rings. The molecule has 0 spiro atoms. The average molecular weight is 865 g/mol. The highest BCUT2D eigenvalue weighted by Crippen LogP contribution is 2.23. The largest absolute Gasteiger partial charge is 0.462 e. The van der Waals surface area contributed by atoms with Gasteiger partial charge in [-0.25, -0.2) is 0 Å². The van der Waals surface area contributed by atoms with Crippen molar-refractivity contribution in [2.45, 2.75) is 256 Å². The van der Waals surface area contributed by atoms with Crippen LogP contribution in [0.1, 0.15) is 219 Å². The van der Waals surface area contributed by atoms with Crippen molar-refractivity contribution < 1.29 is 49.0 Å². The summed E-state index contributed by atoms with van der Waals surface area (Å²) in [4.78, 5) is 25.4. The second kappa shape index (κ2) is 41.9. The van der Waals surface area contributed by atoms with Crippen molar-refractivity contribution in [3.8, 4) is 0 Å². The van der Waals surface area contributed by atoms with Gasteiger partial charge >= 0.3 is 11.9 Å². The fourth-order valence-electron chi connectivity index (χ4n) is 7.55. The van der Waals surface area contributed by atoms with Gasteiger partial charge in [-0.2, -0.15) is 0 Å². The summed E-state index contributed by atoms with van der Waals surface area (Å²) in [6, 6.07) is 0. The van der Waals surface area contributed by atoms with Crippen LogP contribution < -0.4 is 0 Å². The number of hydrogen-bond donors (Lipinski definition) is 4. The van der Waals surface area contributed by atoms with Crippen LogP contribution in [0.5, 0.6) is 0 Å². The molecule has 1 rings (SSSR count). The van der Waals surface area contributed by atoms with E-state index in [1.807, 2.05) is 0 Å². The average Bonchev–Trinajstić information content (AvgIpc) is 3.26. The first-order valence-electron chi connectivity index (χ1n) is 25.1. The van der Waals surface area contributed by atoms with Gasteiger partial charge in [-0.3, -0.25) is 9.59 Å². The standard InChI is InChI=1S/C51H92O10/c1-3-5-7-9-11-13-15-17-19-20-21-22-23-24-26-27-29-31-33-35-37-39-46(53)58-42-44(43-59-51-50(57)49(56)48(55)45(41-52)61-51)60-47(54)40-38-36-34-32-30-28-25-18-16-14-12-10-8-6-4-2/h12,14,18,25,30,32,44-45,48-52,55-57H,3-11,13,15-17,19-24,26-29,31,33-43H2,1-2H3/b14-12+,25-18+,32-30+/t44-,45-,48+,49?,50?,51-/m0/s1. The zero-order valence-corrected chi connectivity index (χ0v) is 38.9. The van der Waals surface area contributed by atoms with Crippen LogP contribution in [0.3, 0.4) is 0 Å². The molecule has 6 atom stereocenters. The molecule has 0 aliphatic carbocycles. The first-order chi connectivity index (χ1) is 29.8. The first kappa shape index (κ1) is 56.9. The van der Waals surface area contributed by atoms with Gasteiger partial charge in [-0.05, 0) is 51.4 Å². The van der Waals surface area contributed by atoms with E-state index in [2.05, 4.69) is 50.3 Å². The molecule has 1 aliphatic rings. The molecule has 4 N–H and O–H groups in total. The molecule has 356 valence electrons. The van der Waals surface area contributed by atoms with Crippen LogP contribution >= 0.6 is 0 Å². The van der Waals surface area contributed by atoms with Gasteiger partial charge in [0.15, 0.2) is 12.4 Å². The molecule has 0 radical (unpaired) electrons. The highest BCUT2D eigenvalue weighted by Gasteiger charge is 2.44. The Balaban J connectivity index is 2.27. The summed E-state index contributed by atoms with van der Waals surface area (Å²) >= 11 is 0. The number of rotatable bonds is 42. The van der Waals surface area contributed by atoms with Crippen molar-refractivity contribution in [3.63, 3.8) is 0 Å². The van der Waals surface area contributed by atoms with Crippen molar-refractivity contribution >= 4 is 11.9 Å². The SMILES string of the molecule is CCCCC/C=C/C/C=C/C/C=C/CCCCC(=O)O[C@@H](COC(=O)CCCCCCCCCCCCCCCCCCCCCCC)CO[C@H]1O[C@@H](CO)[C@@H](O)C(O)C1O. The number of aliphatic hydroxyl groups excluding tert-OH is 4. The van der Waals surface area contributed by atoms with E-state index in [1.165, 1.54) is 135 Å². The van der Waals surface area contributed by atoms with Gasteiger partial charge in [-0.1, -0.05) is 192 Å². The lowest BCUT2D eigenvalue weighted by Gasteiger charge is -2.39. The van der Waals surface area contributed by atoms with Crippen LogP contribution in [0, 0.1) is 0 Å². The minimum atomic E-state index is -1.60. The predicted molar refractivity (Wildman–Crippen MR) is 247 cm³/mol. The zero-order chi connectivity index (χ0) is 44.4. The molecule has 1 saturated heterocycles. The Morgan fingerprint density at radius 2 is 0.918 bits per heavy atom. The molecule has 0 bridgehead atoms. The summed E-state index contributed by atoms with van der Waals surface area (Å²) in [6.07, 6.45) is 41.6. The number of ether oxygens (including phenoxy) is 4. The summed E-state index contributed by atoms with van der Waals surface area (Å²) < 4.78 is 22.2. The molecule has 0 aromatic carbocycles. The van der Waals surface area contributed by atoms with Crippen LogP contribution in [-0.4, -0.2) is 89.0 Å². The molecule has 0 saturated carbocycles. The summed E-state index contributed by atoms with van der Waals surface area (Å²) in [5.41, 5.74) is 0. The quantitative estimate of drug-likeness (QED) is 0.0265. The molecule has 1 aliphatic heterocycles. The van der Waals surface area contributed by atoms with E-state index in [4.69, 9.17) is 18.9 Å². The summed E-state index contributed by atoms with van der Waals surface area (Å²) in [6.45, 7) is 3.38. The molecule has 10 nitrogen and oxygen atoms in total. The summed E-state index contributed by atoms with van der Waals surface area (Å²) in [5, 5.41) is 40.1. The van der Waals surface area contributed by atoms with Gasteiger partial charge in [-0.15, -0.1) is 0 Å². The second-order valence-corrected chi connectivity index (χ2v) is 17.3. The van der Waals surface area contributed by atoms with Crippen LogP contribution in [0.25, 0.3) is 0 Å². The van der Waals surface area contributed by atoms with E-state index in [9.17, 15) is 30.0 Å². The van der Waals surface area contributed by atoms with Crippen molar-refractivity contribution in [3.05, 3.63) is 36.5 Å². The number of esters is 2. The van der Waals surface area contributed by atoms with E-state index >= 15 is 0 Å². The number of carbonyl (C=O) groups excluding carboxylic acids is 2. The Morgan fingerprint density at radius 1 is 0.508 bits per heavy atom. The molecule has 1 heterocycles. The van der Waals surface area contributed by atoms with E-state index in [0.717, 1.165) is 51.4 Å². The fraction of sp³-hybridized carbons (Fsp3) is 0.843. The molecule has 10 heteroatoms. The molecule has 0 aromatic heterocycles. The van der Waals surface area contributed by atoms with E-state index in [1.54, 1.807) is 0 Å². The smallest absolute Gasteiger partial charge is 0.306 e. The zero-order valence-electron chi connectivity index (χ0n) is 38.9. The van der Waals surface area contributed by atoms with Crippen LogP contribution in [0.2, 0.25) is 0 Å². The minimum Gasteiger partial charge on any atom is -0.462 e. The monoisotopic (exact) mass is 865 g/mol. The van der Waals surface area contributed by atoms with Crippen LogP contribution in [-0.2, 0) is 28.5 Å². The van der Waals surface area contributed by atoms with E-state index < -0.39 is 49.4 Å². The van der Waals surface area contributed by atoms with Crippen LogP contribution in [0.15, 0.2) is 36.5 Å². The number of allylic oxidation sites excluding steroid dienone is 6. The highest BCUT2D eigenvalue weighted by atomic mass is 16.7. The molecule has 1 fully saturated rings. The molecule has 0 amide bonds. The third kappa shape index (κ3) is 33.1. The first-order valence-corrected chi connectivity index (χ1v) is 25.1. The Kier molecular flexibility index (Phi) is 39.1. The van der Waals surface area contributed by atoms with Crippen molar-refractivity contribution in [2.24, 2.45) is 0 Å². The highest BCUT2D eigenvalue weighted by molar-refractivity contribution is 5.70. The van der Waals surface area contributed by atoms with E-state index in [-0.39, 0.29) is 32.0 Å². The van der Waals surface area contributed by atoms with Gasteiger partial charge in [0.2, 0.25) is 0 Å². The fourth-order valence-corrected chi connectivity index (χ4v) is 7.55. The van der Waals surface area contributed by atoms with Crippen molar-refractivity contribution in [1.29, 1.82) is 0 Å². The normalized spacial score (nSPS) is 20.0. The number of unbranched alkanes of at least 4 members (excludes halogenated alkanes) is 25. The summed E-state index contributed by atoms with van der Waals surface area (Å²) in [7, 11) is 0. The second-order valence-electron chi connectivity index (χ2n) is 17.3. The molecular weight excluding hydrogens is 773 g/mol.